The van der Waals surface area contributed by atoms with Gasteiger partial charge in [0, 0.05) is 55.4 Å². The molecule has 1 aromatic heterocycles. The highest BCUT2D eigenvalue weighted by Gasteiger charge is 2.14. The van der Waals surface area contributed by atoms with E-state index in [0.717, 1.165) is 48.9 Å². The Morgan fingerprint density at radius 3 is 2.63 bits per heavy atom. The zero-order chi connectivity index (χ0) is 20.8. The van der Waals surface area contributed by atoms with E-state index in [2.05, 4.69) is 31.6 Å². The SMILES string of the molecule is NC(=O)c1ncc(Nc2ccccc2)cc1NC1=CC=C(N2CCNCC2)C=C=C1. The number of benzene rings is 1. The minimum absolute atomic E-state index is 0.183. The molecule has 0 bridgehead atoms. The smallest absolute Gasteiger partial charge is 0.269 e. The van der Waals surface area contributed by atoms with Gasteiger partial charge in [0.1, 0.15) is 0 Å². The van der Waals surface area contributed by atoms with Gasteiger partial charge >= 0.3 is 0 Å². The standard InChI is InChI=1S/C23H24N6O/c24-23(30)22-21(15-19(16-26-22)27-17-5-2-1-3-6-17)28-18-7-4-8-20(10-9-18)29-13-11-25-12-14-29/h1-3,5-10,15-16,25,27-28H,11-14H2,(H2,24,30). The van der Waals surface area contributed by atoms with Crippen LogP contribution >= 0.6 is 0 Å². The summed E-state index contributed by atoms with van der Waals surface area (Å²) in [7, 11) is 0. The number of allylic oxidation sites excluding steroid dienone is 4. The van der Waals surface area contributed by atoms with Crippen molar-refractivity contribution >= 4 is 23.0 Å². The molecule has 152 valence electrons. The lowest BCUT2D eigenvalue weighted by atomic mass is 10.2. The third-order valence-corrected chi connectivity index (χ3v) is 4.85. The molecule has 0 saturated carbocycles. The summed E-state index contributed by atoms with van der Waals surface area (Å²) in [6.07, 6.45) is 9.42. The van der Waals surface area contributed by atoms with E-state index in [0.29, 0.717) is 5.69 Å². The summed E-state index contributed by atoms with van der Waals surface area (Å²) < 4.78 is 0. The molecule has 4 rings (SSSR count). The maximum atomic E-state index is 11.9. The molecule has 0 atom stereocenters. The summed E-state index contributed by atoms with van der Waals surface area (Å²) in [6, 6.07) is 11.6. The van der Waals surface area contributed by atoms with E-state index < -0.39 is 5.91 Å². The molecule has 2 aromatic rings. The molecule has 30 heavy (non-hydrogen) atoms. The second kappa shape index (κ2) is 9.13. The molecule has 0 unspecified atom stereocenters. The number of piperazine rings is 1. The van der Waals surface area contributed by atoms with Crippen LogP contribution in [0.25, 0.3) is 0 Å². The normalized spacial score (nSPS) is 15.8. The fraction of sp³-hybridized carbons (Fsp3) is 0.174. The topological polar surface area (TPSA) is 95.3 Å². The van der Waals surface area contributed by atoms with Gasteiger partial charge in [0.15, 0.2) is 5.69 Å². The molecular weight excluding hydrogens is 376 g/mol. The zero-order valence-corrected chi connectivity index (χ0v) is 16.6. The van der Waals surface area contributed by atoms with Gasteiger partial charge in [-0.2, -0.15) is 0 Å². The Morgan fingerprint density at radius 1 is 1.07 bits per heavy atom. The van der Waals surface area contributed by atoms with Crippen molar-refractivity contribution in [1.82, 2.24) is 15.2 Å². The van der Waals surface area contributed by atoms with Gasteiger partial charge < -0.3 is 26.6 Å². The zero-order valence-electron chi connectivity index (χ0n) is 16.6. The van der Waals surface area contributed by atoms with E-state index in [1.165, 1.54) is 0 Å². The van der Waals surface area contributed by atoms with Crippen LogP contribution in [0.1, 0.15) is 10.5 Å². The van der Waals surface area contributed by atoms with Crippen LogP contribution in [0.5, 0.6) is 0 Å². The van der Waals surface area contributed by atoms with Gasteiger partial charge in [-0.1, -0.05) is 18.2 Å². The first kappa shape index (κ1) is 19.5. The van der Waals surface area contributed by atoms with Crippen LogP contribution in [-0.2, 0) is 0 Å². The Balaban J connectivity index is 1.57. The number of carbonyl (C=O) groups excluding carboxylic acids is 1. The van der Waals surface area contributed by atoms with Crippen LogP contribution in [0.15, 0.2) is 84.0 Å². The van der Waals surface area contributed by atoms with Crippen molar-refractivity contribution in [3.63, 3.8) is 0 Å². The van der Waals surface area contributed by atoms with Crippen molar-refractivity contribution in [3.8, 4) is 0 Å². The van der Waals surface area contributed by atoms with Crippen LogP contribution in [0.4, 0.5) is 17.1 Å². The summed E-state index contributed by atoms with van der Waals surface area (Å²) in [5.41, 5.74) is 13.0. The minimum atomic E-state index is -0.588. The van der Waals surface area contributed by atoms with Crippen molar-refractivity contribution < 1.29 is 4.79 Å². The van der Waals surface area contributed by atoms with E-state index in [4.69, 9.17) is 5.73 Å². The Kier molecular flexibility index (Phi) is 5.94. The highest BCUT2D eigenvalue weighted by molar-refractivity contribution is 5.97. The second-order valence-electron chi connectivity index (χ2n) is 7.01. The number of nitrogens with zero attached hydrogens (tertiary/aromatic N) is 2. The van der Waals surface area contributed by atoms with Gasteiger partial charge in [0.05, 0.1) is 17.6 Å². The summed E-state index contributed by atoms with van der Waals surface area (Å²) in [6.45, 7) is 3.87. The molecule has 1 saturated heterocycles. The van der Waals surface area contributed by atoms with Crippen LogP contribution in [0.3, 0.4) is 0 Å². The maximum absolute atomic E-state index is 11.9. The van der Waals surface area contributed by atoms with Crippen molar-refractivity contribution in [2.45, 2.75) is 0 Å². The van der Waals surface area contributed by atoms with Crippen LogP contribution in [0.2, 0.25) is 0 Å². The maximum Gasteiger partial charge on any atom is 0.269 e. The highest BCUT2D eigenvalue weighted by Crippen LogP contribution is 2.24. The van der Waals surface area contributed by atoms with E-state index in [-0.39, 0.29) is 5.69 Å². The Morgan fingerprint density at radius 2 is 1.87 bits per heavy atom. The molecule has 2 aliphatic rings. The molecule has 0 radical (unpaired) electrons. The molecule has 5 N–H and O–H groups in total. The quantitative estimate of drug-likeness (QED) is 0.557. The van der Waals surface area contributed by atoms with E-state index >= 15 is 0 Å². The van der Waals surface area contributed by atoms with Crippen LogP contribution in [0, 0.1) is 0 Å². The van der Waals surface area contributed by atoms with Crippen molar-refractivity contribution in [1.29, 1.82) is 0 Å². The fourth-order valence-electron chi connectivity index (χ4n) is 3.35. The Bertz CT molecular complexity index is 1040. The lowest BCUT2D eigenvalue weighted by molar-refractivity contribution is 0.0996. The third-order valence-electron chi connectivity index (χ3n) is 4.85. The van der Waals surface area contributed by atoms with Gasteiger partial charge in [-0.25, -0.2) is 4.98 Å². The molecule has 1 aliphatic carbocycles. The molecule has 1 fully saturated rings. The number of aromatic nitrogens is 1. The first-order valence-electron chi connectivity index (χ1n) is 9.88. The first-order chi connectivity index (χ1) is 14.7. The molecule has 0 spiro atoms. The lowest BCUT2D eigenvalue weighted by Gasteiger charge is -2.29. The summed E-state index contributed by atoms with van der Waals surface area (Å²) in [5, 5.41) is 9.90. The number of amides is 1. The number of primary amides is 1. The Labute approximate surface area is 175 Å². The molecule has 1 aliphatic heterocycles. The average Bonchev–Trinajstić information content (AvgIpc) is 3.01. The largest absolute Gasteiger partial charge is 0.368 e. The van der Waals surface area contributed by atoms with Crippen molar-refractivity contribution in [2.75, 3.05) is 36.8 Å². The molecule has 7 nitrogen and oxygen atoms in total. The van der Waals surface area contributed by atoms with Gasteiger partial charge in [-0.05, 0) is 30.4 Å². The van der Waals surface area contributed by atoms with Gasteiger partial charge in [-0.3, -0.25) is 4.79 Å². The molecule has 1 amide bonds. The number of hydrogen-bond acceptors (Lipinski definition) is 6. The van der Waals surface area contributed by atoms with E-state index in [1.54, 1.807) is 6.20 Å². The number of hydrogen-bond donors (Lipinski definition) is 4. The number of anilines is 3. The number of nitrogens with two attached hydrogens (primary N) is 1. The number of para-hydroxylation sites is 1. The predicted molar refractivity (Wildman–Crippen MR) is 119 cm³/mol. The number of carbonyl (C=O) groups is 1. The monoisotopic (exact) mass is 400 g/mol. The minimum Gasteiger partial charge on any atom is -0.368 e. The number of nitrogens with one attached hydrogen (secondary N) is 3. The van der Waals surface area contributed by atoms with Gasteiger partial charge in [0.25, 0.3) is 5.91 Å². The van der Waals surface area contributed by atoms with E-state index in [9.17, 15) is 4.79 Å². The number of pyridine rings is 1. The van der Waals surface area contributed by atoms with Crippen LogP contribution < -0.4 is 21.7 Å². The van der Waals surface area contributed by atoms with Crippen LogP contribution in [-0.4, -0.2) is 42.0 Å². The fourth-order valence-corrected chi connectivity index (χ4v) is 3.35. The second-order valence-corrected chi connectivity index (χ2v) is 7.01. The van der Waals surface area contributed by atoms with Crippen molar-refractivity contribution in [2.24, 2.45) is 5.73 Å². The predicted octanol–water partition coefficient (Wildman–Crippen LogP) is 2.73. The lowest BCUT2D eigenvalue weighted by Crippen LogP contribution is -2.42. The Hall–Kier alpha value is -3.80. The number of rotatable bonds is 6. The summed E-state index contributed by atoms with van der Waals surface area (Å²) in [5.74, 6) is -0.588. The third kappa shape index (κ3) is 4.78. The highest BCUT2D eigenvalue weighted by atomic mass is 16.1. The average molecular weight is 400 g/mol. The first-order valence-corrected chi connectivity index (χ1v) is 9.88. The molecular formula is C23H24N6O. The molecule has 1 aromatic carbocycles. The summed E-state index contributed by atoms with van der Waals surface area (Å²) >= 11 is 0. The van der Waals surface area contributed by atoms with Gasteiger partial charge in [-0.15, -0.1) is 5.73 Å². The van der Waals surface area contributed by atoms with Gasteiger partial charge in [0.2, 0.25) is 0 Å². The molecule has 2 heterocycles. The van der Waals surface area contributed by atoms with Crippen molar-refractivity contribution in [3.05, 3.63) is 89.7 Å². The summed E-state index contributed by atoms with van der Waals surface area (Å²) in [4.78, 5) is 18.5. The van der Waals surface area contributed by atoms with E-state index in [1.807, 2.05) is 60.7 Å². The molecule has 7 heteroatoms.